The molecule has 3 N–H and O–H groups in total. The van der Waals surface area contributed by atoms with Gasteiger partial charge >= 0.3 is 5.97 Å². The van der Waals surface area contributed by atoms with E-state index in [2.05, 4.69) is 0 Å². The summed E-state index contributed by atoms with van der Waals surface area (Å²) in [6.07, 6.45) is 0. The monoisotopic (exact) mass is 447 g/mol. The van der Waals surface area contributed by atoms with Crippen LogP contribution < -0.4 is 14.4 Å². The highest BCUT2D eigenvalue weighted by Gasteiger charge is 2.53. The van der Waals surface area contributed by atoms with Gasteiger partial charge in [-0.15, -0.1) is 0 Å². The molecule has 2 heterocycles. The van der Waals surface area contributed by atoms with Crippen LogP contribution in [-0.4, -0.2) is 40.6 Å². The predicted octanol–water partition coefficient (Wildman–Crippen LogP) is 2.95. The molecule has 1 atom stereocenters. The summed E-state index contributed by atoms with van der Waals surface area (Å²) in [7, 11) is 0. The first kappa shape index (κ1) is 20.8. The molecule has 0 fully saturated rings. The van der Waals surface area contributed by atoms with Crippen LogP contribution in [-0.2, 0) is 16.8 Å². The number of aliphatic hydroxyl groups is 1. The number of aliphatic hydroxyl groups excluding tert-OH is 1. The van der Waals surface area contributed by atoms with E-state index in [0.717, 1.165) is 0 Å². The number of phenolic OH excluding ortho intramolecular Hbond substituents is 1. The zero-order chi connectivity index (χ0) is 23.3. The summed E-state index contributed by atoms with van der Waals surface area (Å²) in [4.78, 5) is 27.1. The fraction of sp³-hybridized carbons (Fsp3) is 0.200. The van der Waals surface area contributed by atoms with Crippen LogP contribution in [0, 0.1) is 6.92 Å². The Labute approximate surface area is 189 Å². The van der Waals surface area contributed by atoms with Gasteiger partial charge in [-0.25, -0.2) is 4.79 Å². The summed E-state index contributed by atoms with van der Waals surface area (Å²) in [5.74, 6) is -0.925. The number of nitrogens with zero attached hydrogens (tertiary/aromatic N) is 1. The van der Waals surface area contributed by atoms with Crippen molar-refractivity contribution in [1.29, 1.82) is 0 Å². The molecular weight excluding hydrogens is 426 g/mol. The van der Waals surface area contributed by atoms with E-state index >= 15 is 0 Å². The number of aromatic hydroxyl groups is 1. The first-order chi connectivity index (χ1) is 15.9. The van der Waals surface area contributed by atoms with E-state index in [1.165, 1.54) is 23.1 Å². The number of para-hydroxylation sites is 1. The van der Waals surface area contributed by atoms with E-state index in [1.54, 1.807) is 43.3 Å². The van der Waals surface area contributed by atoms with Crippen LogP contribution in [0.2, 0.25) is 0 Å². The number of phenols is 1. The van der Waals surface area contributed by atoms with Gasteiger partial charge in [-0.05, 0) is 41.8 Å². The topological polar surface area (TPSA) is 117 Å². The summed E-state index contributed by atoms with van der Waals surface area (Å²) in [5.41, 5.74) is 1.16. The molecule has 0 spiro atoms. The molecule has 2 aliphatic heterocycles. The second-order valence-electron chi connectivity index (χ2n) is 8.09. The van der Waals surface area contributed by atoms with Crippen LogP contribution in [0.15, 0.2) is 54.6 Å². The molecule has 8 heteroatoms. The maximum absolute atomic E-state index is 14.0. The Balaban J connectivity index is 1.66. The van der Waals surface area contributed by atoms with Crippen molar-refractivity contribution in [2.45, 2.75) is 18.9 Å². The molecule has 0 bridgehead atoms. The molecule has 1 amide bonds. The van der Waals surface area contributed by atoms with Crippen LogP contribution in [0.5, 0.6) is 17.2 Å². The van der Waals surface area contributed by atoms with Crippen molar-refractivity contribution >= 4 is 17.6 Å². The number of ether oxygens (including phenoxy) is 2. The fourth-order valence-corrected chi connectivity index (χ4v) is 4.71. The number of aromatic carboxylic acids is 1. The van der Waals surface area contributed by atoms with E-state index in [-0.39, 0.29) is 30.2 Å². The number of carbonyl (C=O) groups excluding carboxylic acids is 1. The zero-order valence-electron chi connectivity index (χ0n) is 17.7. The van der Waals surface area contributed by atoms with E-state index in [4.69, 9.17) is 9.47 Å². The highest BCUT2D eigenvalue weighted by molar-refractivity contribution is 6.11. The molecule has 0 aliphatic carbocycles. The lowest BCUT2D eigenvalue weighted by Crippen LogP contribution is -2.43. The minimum atomic E-state index is -1.56. The highest BCUT2D eigenvalue weighted by atomic mass is 16.7. The normalized spacial score (nSPS) is 18.5. The third-order valence-electron chi connectivity index (χ3n) is 6.46. The molecule has 0 radical (unpaired) electrons. The van der Waals surface area contributed by atoms with Gasteiger partial charge in [-0.3, -0.25) is 4.79 Å². The molecule has 33 heavy (non-hydrogen) atoms. The number of carboxylic acid groups (broad SMARTS) is 1. The third-order valence-corrected chi connectivity index (χ3v) is 6.46. The van der Waals surface area contributed by atoms with Crippen LogP contribution in [0.4, 0.5) is 5.69 Å². The second-order valence-corrected chi connectivity index (χ2v) is 8.09. The summed E-state index contributed by atoms with van der Waals surface area (Å²) in [6, 6.07) is 14.9. The van der Waals surface area contributed by atoms with Gasteiger partial charge in [0, 0.05) is 17.3 Å². The number of carboxylic acids is 1. The van der Waals surface area contributed by atoms with Crippen molar-refractivity contribution < 1.29 is 34.4 Å². The Morgan fingerprint density at radius 3 is 2.52 bits per heavy atom. The lowest BCUT2D eigenvalue weighted by Gasteiger charge is -2.28. The summed E-state index contributed by atoms with van der Waals surface area (Å²) < 4.78 is 10.8. The Hall–Kier alpha value is -4.04. The summed E-state index contributed by atoms with van der Waals surface area (Å²) >= 11 is 0. The average molecular weight is 447 g/mol. The first-order valence-corrected chi connectivity index (χ1v) is 10.4. The van der Waals surface area contributed by atoms with Gasteiger partial charge in [-0.1, -0.05) is 30.3 Å². The number of rotatable bonds is 5. The van der Waals surface area contributed by atoms with Crippen molar-refractivity contribution in [3.8, 4) is 17.2 Å². The smallest absolute Gasteiger partial charge is 0.335 e. The van der Waals surface area contributed by atoms with Gasteiger partial charge < -0.3 is 29.7 Å². The van der Waals surface area contributed by atoms with Crippen LogP contribution >= 0.6 is 0 Å². The number of hydrogen-bond acceptors (Lipinski definition) is 6. The summed E-state index contributed by atoms with van der Waals surface area (Å²) in [6.45, 7) is 1.23. The van der Waals surface area contributed by atoms with Crippen LogP contribution in [0.25, 0.3) is 0 Å². The Bertz CT molecular complexity index is 1300. The SMILES string of the molecule is Cc1c(CN2C(=O)C(CO)(c3cc4c(cc3O)OCO4)c3ccccc32)cccc1C(=O)O. The van der Waals surface area contributed by atoms with Crippen molar-refractivity contribution in [3.63, 3.8) is 0 Å². The third kappa shape index (κ3) is 2.95. The quantitative estimate of drug-likeness (QED) is 0.551. The highest BCUT2D eigenvalue weighted by Crippen LogP contribution is 2.51. The molecule has 0 aromatic heterocycles. The van der Waals surface area contributed by atoms with Gasteiger partial charge in [0.25, 0.3) is 0 Å². The number of fused-ring (bicyclic) bond motifs is 2. The van der Waals surface area contributed by atoms with Gasteiger partial charge in [-0.2, -0.15) is 0 Å². The maximum atomic E-state index is 14.0. The maximum Gasteiger partial charge on any atom is 0.335 e. The molecule has 3 aromatic rings. The van der Waals surface area contributed by atoms with Gasteiger partial charge in [0.2, 0.25) is 12.7 Å². The molecule has 2 aliphatic rings. The van der Waals surface area contributed by atoms with Crippen molar-refractivity contribution in [2.24, 2.45) is 0 Å². The lowest BCUT2D eigenvalue weighted by atomic mass is 9.75. The number of benzene rings is 3. The molecular formula is C25H21NO7. The Morgan fingerprint density at radius 2 is 1.79 bits per heavy atom. The van der Waals surface area contributed by atoms with Gasteiger partial charge in [0.05, 0.1) is 18.7 Å². The number of hydrogen-bond donors (Lipinski definition) is 3. The fourth-order valence-electron chi connectivity index (χ4n) is 4.71. The molecule has 3 aromatic carbocycles. The first-order valence-electron chi connectivity index (χ1n) is 10.4. The van der Waals surface area contributed by atoms with E-state index in [9.17, 15) is 24.9 Å². The van der Waals surface area contributed by atoms with Crippen LogP contribution in [0.1, 0.15) is 32.6 Å². The largest absolute Gasteiger partial charge is 0.507 e. The molecule has 1 unspecified atom stereocenters. The van der Waals surface area contributed by atoms with Crippen molar-refractivity contribution in [2.75, 3.05) is 18.3 Å². The summed E-state index contributed by atoms with van der Waals surface area (Å²) in [5, 5.41) is 30.9. The number of carbonyl (C=O) groups is 2. The molecule has 0 saturated heterocycles. The Morgan fingerprint density at radius 1 is 1.06 bits per heavy atom. The molecule has 5 rings (SSSR count). The average Bonchev–Trinajstić information content (AvgIpc) is 3.35. The Kier molecular flexibility index (Phi) is 4.75. The van der Waals surface area contributed by atoms with Gasteiger partial charge in [0.15, 0.2) is 11.5 Å². The van der Waals surface area contributed by atoms with Crippen molar-refractivity contribution in [1.82, 2.24) is 0 Å². The predicted molar refractivity (Wildman–Crippen MR) is 118 cm³/mol. The zero-order valence-corrected chi connectivity index (χ0v) is 17.7. The standard InChI is InChI=1S/C25H21NO7/c1-14-15(5-4-6-16(14)23(29)30)11-26-19-8-3-2-7-17(19)25(12-27,24(26)31)18-9-21-22(10-20(18)28)33-13-32-21/h2-10,27-28H,11-13H2,1H3,(H,29,30). The number of anilines is 1. The van der Waals surface area contributed by atoms with Crippen molar-refractivity contribution in [3.05, 3.63) is 82.4 Å². The molecule has 0 saturated carbocycles. The minimum absolute atomic E-state index is 0.000203. The molecule has 8 nitrogen and oxygen atoms in total. The van der Waals surface area contributed by atoms with E-state index in [1.807, 2.05) is 0 Å². The minimum Gasteiger partial charge on any atom is -0.507 e. The van der Waals surface area contributed by atoms with Gasteiger partial charge in [0.1, 0.15) is 11.2 Å². The van der Waals surface area contributed by atoms with E-state index in [0.29, 0.717) is 33.9 Å². The second kappa shape index (κ2) is 7.53. The number of amides is 1. The lowest BCUT2D eigenvalue weighted by molar-refractivity contribution is -0.123. The van der Waals surface area contributed by atoms with Crippen LogP contribution in [0.3, 0.4) is 0 Å². The molecule has 168 valence electrons. The van der Waals surface area contributed by atoms with E-state index < -0.39 is 23.9 Å².